The minimum Gasteiger partial charge on any atom is -0.296 e. The first-order chi connectivity index (χ1) is 7.12. The van der Waals surface area contributed by atoms with Crippen LogP contribution in [-0.2, 0) is 0 Å². The van der Waals surface area contributed by atoms with E-state index in [9.17, 15) is 0 Å². The van der Waals surface area contributed by atoms with Gasteiger partial charge in [-0.15, -0.1) is 11.1 Å². The molecule has 0 saturated carbocycles. The molecule has 0 saturated heterocycles. The van der Waals surface area contributed by atoms with Crippen LogP contribution in [0.3, 0.4) is 0 Å². The van der Waals surface area contributed by atoms with E-state index in [1.807, 2.05) is 0 Å². The lowest BCUT2D eigenvalue weighted by Crippen LogP contribution is -2.78. The lowest BCUT2D eigenvalue weighted by atomic mass is 10.1. The maximum atomic E-state index is 6.80. The Morgan fingerprint density at radius 3 is 0.882 bits per heavy atom. The number of hydrogen-bond donors (Lipinski definition) is 3. The molecule has 104 valence electrons. The SMILES string of the molecule is CC(C)(C)N[Si](Cl)(NC(C)(C)C)NC(C)(C)C. The van der Waals surface area contributed by atoms with Crippen LogP contribution in [0.5, 0.6) is 0 Å². The zero-order valence-corrected chi connectivity index (χ0v) is 14.6. The average molecular weight is 280 g/mol. The van der Waals surface area contributed by atoms with Crippen molar-refractivity contribution in [3.8, 4) is 0 Å². The first-order valence-electron chi connectivity index (χ1n) is 6.19. The minimum absolute atomic E-state index is 0.0233. The van der Waals surface area contributed by atoms with E-state index in [-0.39, 0.29) is 16.6 Å². The van der Waals surface area contributed by atoms with Crippen molar-refractivity contribution in [1.82, 2.24) is 14.9 Å². The fourth-order valence-electron chi connectivity index (χ4n) is 1.64. The predicted octanol–water partition coefficient (Wildman–Crippen LogP) is 2.83. The smallest absolute Gasteiger partial charge is 0.296 e. The molecule has 17 heavy (non-hydrogen) atoms. The highest BCUT2D eigenvalue weighted by atomic mass is 35.6. The van der Waals surface area contributed by atoms with Gasteiger partial charge >= 0.3 is 7.87 Å². The molecule has 0 fully saturated rings. The van der Waals surface area contributed by atoms with E-state index in [1.165, 1.54) is 0 Å². The van der Waals surface area contributed by atoms with Crippen LogP contribution in [0.4, 0.5) is 0 Å². The van der Waals surface area contributed by atoms with Crippen LogP contribution in [0.1, 0.15) is 62.3 Å². The zero-order valence-electron chi connectivity index (χ0n) is 12.9. The number of rotatable bonds is 3. The fourth-order valence-corrected chi connectivity index (χ4v) is 7.48. The van der Waals surface area contributed by atoms with E-state index >= 15 is 0 Å². The van der Waals surface area contributed by atoms with Crippen LogP contribution in [0, 0.1) is 0 Å². The maximum Gasteiger partial charge on any atom is 0.385 e. The van der Waals surface area contributed by atoms with Crippen molar-refractivity contribution in [3.63, 3.8) is 0 Å². The second kappa shape index (κ2) is 5.17. The Morgan fingerprint density at radius 1 is 0.588 bits per heavy atom. The molecule has 0 unspecified atom stereocenters. The van der Waals surface area contributed by atoms with E-state index in [0.717, 1.165) is 0 Å². The number of halogens is 1. The molecular weight excluding hydrogens is 250 g/mol. The van der Waals surface area contributed by atoms with Gasteiger partial charge in [0.25, 0.3) is 0 Å². The van der Waals surface area contributed by atoms with Crippen molar-refractivity contribution in [1.29, 1.82) is 0 Å². The van der Waals surface area contributed by atoms with Crippen LogP contribution in [0.15, 0.2) is 0 Å². The van der Waals surface area contributed by atoms with Crippen molar-refractivity contribution >= 4 is 18.9 Å². The highest BCUT2D eigenvalue weighted by Gasteiger charge is 2.41. The molecular formula is C12H30ClN3Si. The van der Waals surface area contributed by atoms with Gasteiger partial charge in [-0.1, -0.05) is 0 Å². The third-order valence-corrected chi connectivity index (χ3v) is 5.78. The maximum absolute atomic E-state index is 6.80. The first-order valence-corrected chi connectivity index (χ1v) is 9.20. The Kier molecular flexibility index (Phi) is 5.29. The summed E-state index contributed by atoms with van der Waals surface area (Å²) in [5.41, 5.74) is -0.0700. The number of hydrogen-bond acceptors (Lipinski definition) is 3. The second-order valence-corrected chi connectivity index (χ2v) is 11.6. The van der Waals surface area contributed by atoms with Crippen molar-refractivity contribution in [2.45, 2.75) is 78.9 Å². The molecule has 0 bridgehead atoms. The molecule has 0 rings (SSSR count). The van der Waals surface area contributed by atoms with Crippen molar-refractivity contribution in [3.05, 3.63) is 0 Å². The van der Waals surface area contributed by atoms with Crippen LogP contribution >= 0.6 is 11.1 Å². The van der Waals surface area contributed by atoms with Crippen LogP contribution in [-0.4, -0.2) is 24.5 Å². The van der Waals surface area contributed by atoms with Gasteiger partial charge in [-0.2, -0.15) is 0 Å². The molecule has 0 spiro atoms. The molecule has 0 aliphatic carbocycles. The van der Waals surface area contributed by atoms with Gasteiger partial charge in [0.15, 0.2) is 0 Å². The molecule has 3 N–H and O–H groups in total. The lowest BCUT2D eigenvalue weighted by molar-refractivity contribution is 0.429. The van der Waals surface area contributed by atoms with Crippen molar-refractivity contribution in [2.75, 3.05) is 0 Å². The van der Waals surface area contributed by atoms with Crippen LogP contribution < -0.4 is 14.9 Å². The Balaban J connectivity index is 4.95. The normalized spacial score (nSPS) is 15.2. The molecule has 3 nitrogen and oxygen atoms in total. The van der Waals surface area contributed by atoms with Crippen LogP contribution in [0.25, 0.3) is 0 Å². The Bertz CT molecular complexity index is 207. The zero-order chi connectivity index (χ0) is 14.1. The third kappa shape index (κ3) is 10.0. The molecule has 0 aromatic heterocycles. The summed E-state index contributed by atoms with van der Waals surface area (Å²) in [5.74, 6) is 0. The van der Waals surface area contributed by atoms with Gasteiger partial charge in [-0.3, -0.25) is 14.9 Å². The Hall–Kier alpha value is 0.387. The fraction of sp³-hybridized carbons (Fsp3) is 1.00. The monoisotopic (exact) mass is 279 g/mol. The van der Waals surface area contributed by atoms with E-state index < -0.39 is 7.87 Å². The summed E-state index contributed by atoms with van der Waals surface area (Å²) in [5, 5.41) is 0. The summed E-state index contributed by atoms with van der Waals surface area (Å²) in [6.07, 6.45) is 0. The molecule has 0 atom stereocenters. The molecule has 0 heterocycles. The van der Waals surface area contributed by atoms with Gasteiger partial charge in [0.2, 0.25) is 0 Å². The van der Waals surface area contributed by atoms with Crippen molar-refractivity contribution in [2.24, 2.45) is 0 Å². The van der Waals surface area contributed by atoms with Crippen LogP contribution in [0.2, 0.25) is 0 Å². The molecule has 0 amide bonds. The molecule has 0 aliphatic rings. The summed E-state index contributed by atoms with van der Waals surface area (Å²) in [7, 11) is -2.43. The van der Waals surface area contributed by atoms with E-state index in [4.69, 9.17) is 11.1 Å². The molecule has 0 aromatic carbocycles. The highest BCUT2D eigenvalue weighted by molar-refractivity contribution is 7.16. The summed E-state index contributed by atoms with van der Waals surface area (Å²) < 4.78 is 0. The standard InChI is InChI=1S/C12H30ClN3Si/c1-10(2,3)14-17(13,15-11(4,5)6)16-12(7,8)9/h14-16H,1-9H3. The Labute approximate surface area is 113 Å². The van der Waals surface area contributed by atoms with E-state index in [2.05, 4.69) is 77.3 Å². The van der Waals surface area contributed by atoms with Gasteiger partial charge in [0.05, 0.1) is 0 Å². The van der Waals surface area contributed by atoms with Gasteiger partial charge in [-0.25, -0.2) is 0 Å². The molecule has 0 aromatic rings. The molecule has 0 aliphatic heterocycles. The molecule has 5 heteroatoms. The number of nitrogens with one attached hydrogen (secondary N) is 3. The summed E-state index contributed by atoms with van der Waals surface area (Å²) in [4.78, 5) is 10.6. The van der Waals surface area contributed by atoms with Gasteiger partial charge in [-0.05, 0) is 62.3 Å². The second-order valence-electron chi connectivity index (χ2n) is 7.78. The Morgan fingerprint density at radius 2 is 0.765 bits per heavy atom. The van der Waals surface area contributed by atoms with Gasteiger partial charge in [0, 0.05) is 16.6 Å². The van der Waals surface area contributed by atoms with Gasteiger partial charge in [0.1, 0.15) is 0 Å². The lowest BCUT2D eigenvalue weighted by Gasteiger charge is -2.42. The minimum atomic E-state index is -2.43. The summed E-state index contributed by atoms with van der Waals surface area (Å²) >= 11 is 6.80. The quantitative estimate of drug-likeness (QED) is 0.549. The van der Waals surface area contributed by atoms with Crippen molar-refractivity contribution < 1.29 is 0 Å². The highest BCUT2D eigenvalue weighted by Crippen LogP contribution is 2.15. The predicted molar refractivity (Wildman–Crippen MR) is 80.3 cm³/mol. The van der Waals surface area contributed by atoms with Gasteiger partial charge < -0.3 is 0 Å². The topological polar surface area (TPSA) is 36.1 Å². The largest absolute Gasteiger partial charge is 0.385 e. The third-order valence-electron chi connectivity index (χ3n) is 1.64. The first kappa shape index (κ1) is 17.4. The average Bonchev–Trinajstić information content (AvgIpc) is 1.65. The van der Waals surface area contributed by atoms with E-state index in [1.54, 1.807) is 0 Å². The van der Waals surface area contributed by atoms with E-state index in [0.29, 0.717) is 0 Å². The molecule has 0 radical (unpaired) electrons. The summed E-state index contributed by atoms with van der Waals surface area (Å²) in [6.45, 7) is 19.2. The summed E-state index contributed by atoms with van der Waals surface area (Å²) in [6, 6.07) is 0.